The number of benzene rings is 2. The van der Waals surface area contributed by atoms with E-state index in [4.69, 9.17) is 0 Å². The van der Waals surface area contributed by atoms with Crippen LogP contribution < -0.4 is 5.32 Å². The summed E-state index contributed by atoms with van der Waals surface area (Å²) in [7, 11) is 0. The first-order valence-electron chi connectivity index (χ1n) is 6.70. The van der Waals surface area contributed by atoms with Gasteiger partial charge in [-0.3, -0.25) is 0 Å². The molecule has 0 fully saturated rings. The van der Waals surface area contributed by atoms with Gasteiger partial charge in [-0.25, -0.2) is 0 Å². The lowest BCUT2D eigenvalue weighted by Crippen LogP contribution is -2.51. The largest absolute Gasteiger partial charge is 0.300 e. The topological polar surface area (TPSA) is 12.0 Å². The molecule has 90 valence electrons. The van der Waals surface area contributed by atoms with Crippen molar-refractivity contribution in [2.45, 2.75) is 31.3 Å². The zero-order chi connectivity index (χ0) is 12.2. The Morgan fingerprint density at radius 3 is 2.61 bits per heavy atom. The summed E-state index contributed by atoms with van der Waals surface area (Å²) in [5.41, 5.74) is 6.10. The minimum Gasteiger partial charge on any atom is -0.300 e. The van der Waals surface area contributed by atoms with Crippen LogP contribution in [0.15, 0.2) is 48.5 Å². The fourth-order valence-corrected chi connectivity index (χ4v) is 3.72. The van der Waals surface area contributed by atoms with Gasteiger partial charge in [-0.2, -0.15) is 0 Å². The summed E-state index contributed by atoms with van der Waals surface area (Å²) in [6, 6.07) is 18.3. The first-order chi connectivity index (χ1) is 8.76. The van der Waals surface area contributed by atoms with E-state index in [0.717, 1.165) is 12.8 Å². The Balaban J connectivity index is 1.92. The van der Waals surface area contributed by atoms with E-state index < -0.39 is 0 Å². The second kappa shape index (κ2) is 3.46. The molecule has 1 unspecified atom stereocenters. The van der Waals surface area contributed by atoms with Crippen molar-refractivity contribution in [1.82, 2.24) is 5.32 Å². The third kappa shape index (κ3) is 1.31. The summed E-state index contributed by atoms with van der Waals surface area (Å²) in [6.07, 6.45) is 2.21. The van der Waals surface area contributed by atoms with Crippen LogP contribution in [0, 0.1) is 0 Å². The predicted molar refractivity (Wildman–Crippen MR) is 73.5 cm³/mol. The molecule has 2 aliphatic heterocycles. The van der Waals surface area contributed by atoms with Gasteiger partial charge in [0.2, 0.25) is 0 Å². The van der Waals surface area contributed by atoms with Gasteiger partial charge in [-0.1, -0.05) is 48.5 Å². The maximum absolute atomic E-state index is 3.84. The van der Waals surface area contributed by atoms with Crippen molar-refractivity contribution in [2.75, 3.05) is 0 Å². The van der Waals surface area contributed by atoms with Gasteiger partial charge < -0.3 is 5.32 Å². The molecular formula is C17H17N. The molecule has 2 aromatic rings. The summed E-state index contributed by atoms with van der Waals surface area (Å²) >= 11 is 0. The van der Waals surface area contributed by atoms with Crippen LogP contribution in [0.25, 0.3) is 0 Å². The molecule has 0 radical (unpaired) electrons. The number of fused-ring (bicyclic) bond motifs is 6. The van der Waals surface area contributed by atoms with E-state index in [1.807, 2.05) is 0 Å². The van der Waals surface area contributed by atoms with E-state index in [9.17, 15) is 0 Å². The van der Waals surface area contributed by atoms with Crippen LogP contribution in [0.2, 0.25) is 0 Å². The number of nitrogens with one attached hydrogen (secondary N) is 1. The number of hydrogen-bond acceptors (Lipinski definition) is 1. The first kappa shape index (κ1) is 10.3. The minimum absolute atomic E-state index is 0.105. The molecule has 2 bridgehead atoms. The lowest BCUT2D eigenvalue weighted by molar-refractivity contribution is 0.265. The van der Waals surface area contributed by atoms with Gasteiger partial charge in [-0.05, 0) is 42.0 Å². The molecule has 0 aliphatic carbocycles. The van der Waals surface area contributed by atoms with Gasteiger partial charge in [0.15, 0.2) is 0 Å². The van der Waals surface area contributed by atoms with Gasteiger partial charge in [0.1, 0.15) is 0 Å². The quantitative estimate of drug-likeness (QED) is 0.738. The van der Waals surface area contributed by atoms with Crippen molar-refractivity contribution < 1.29 is 0 Å². The SMILES string of the molecule is CC12Cc3ccccc3[C@H](Cc3ccccc31)N2. The molecule has 2 aromatic carbocycles. The molecule has 18 heavy (non-hydrogen) atoms. The minimum atomic E-state index is 0.105. The fourth-order valence-electron chi connectivity index (χ4n) is 3.72. The molecule has 1 nitrogen and oxygen atoms in total. The standard InChI is InChI=1S/C17H17N/c1-17-11-13-7-2-4-8-14(13)16(18-17)10-12-6-3-5-9-15(12)17/h2-9,16,18H,10-11H2,1H3/t16-,17?/m0/s1. The second-order valence-electron chi connectivity index (χ2n) is 5.77. The molecule has 2 aliphatic rings. The maximum atomic E-state index is 3.84. The molecule has 0 amide bonds. The zero-order valence-electron chi connectivity index (χ0n) is 10.6. The van der Waals surface area contributed by atoms with Crippen molar-refractivity contribution in [2.24, 2.45) is 0 Å². The molecule has 0 aromatic heterocycles. The van der Waals surface area contributed by atoms with Crippen molar-refractivity contribution in [3.05, 3.63) is 70.8 Å². The first-order valence-corrected chi connectivity index (χ1v) is 6.70. The highest BCUT2D eigenvalue weighted by molar-refractivity contribution is 5.45. The second-order valence-corrected chi connectivity index (χ2v) is 5.77. The number of rotatable bonds is 0. The van der Waals surface area contributed by atoms with E-state index in [0.29, 0.717) is 6.04 Å². The molecule has 2 heterocycles. The molecule has 1 heteroatoms. The monoisotopic (exact) mass is 235 g/mol. The van der Waals surface area contributed by atoms with Crippen LogP contribution in [0.4, 0.5) is 0 Å². The van der Waals surface area contributed by atoms with Crippen molar-refractivity contribution in [1.29, 1.82) is 0 Å². The predicted octanol–water partition coefficient (Wildman–Crippen LogP) is 3.34. The van der Waals surface area contributed by atoms with Crippen LogP contribution in [-0.2, 0) is 18.4 Å². The molecule has 0 spiro atoms. The Labute approximate surface area is 108 Å². The van der Waals surface area contributed by atoms with Crippen molar-refractivity contribution >= 4 is 0 Å². The van der Waals surface area contributed by atoms with Crippen LogP contribution in [0.1, 0.15) is 35.2 Å². The molecule has 0 saturated carbocycles. The molecule has 4 rings (SSSR count). The molecular weight excluding hydrogens is 218 g/mol. The Morgan fingerprint density at radius 2 is 1.72 bits per heavy atom. The van der Waals surface area contributed by atoms with Gasteiger partial charge in [0.05, 0.1) is 0 Å². The summed E-state index contributed by atoms with van der Waals surface area (Å²) < 4.78 is 0. The smallest absolute Gasteiger partial charge is 0.0454 e. The van der Waals surface area contributed by atoms with E-state index in [1.165, 1.54) is 22.3 Å². The van der Waals surface area contributed by atoms with Crippen LogP contribution in [0.5, 0.6) is 0 Å². The van der Waals surface area contributed by atoms with Crippen LogP contribution in [0.3, 0.4) is 0 Å². The van der Waals surface area contributed by atoms with Crippen molar-refractivity contribution in [3.8, 4) is 0 Å². The highest BCUT2D eigenvalue weighted by atomic mass is 15.0. The molecule has 0 saturated heterocycles. The third-order valence-electron chi connectivity index (χ3n) is 4.50. The average molecular weight is 235 g/mol. The molecule has 2 atom stereocenters. The van der Waals surface area contributed by atoms with Gasteiger partial charge in [0.25, 0.3) is 0 Å². The Bertz CT molecular complexity index is 617. The average Bonchev–Trinajstić information content (AvgIpc) is 2.38. The highest BCUT2D eigenvalue weighted by Gasteiger charge is 2.40. The van der Waals surface area contributed by atoms with Crippen LogP contribution >= 0.6 is 0 Å². The van der Waals surface area contributed by atoms with Crippen LogP contribution in [-0.4, -0.2) is 0 Å². The maximum Gasteiger partial charge on any atom is 0.0454 e. The summed E-state index contributed by atoms with van der Waals surface area (Å²) in [4.78, 5) is 0. The Kier molecular flexibility index (Phi) is 1.98. The van der Waals surface area contributed by atoms with Crippen molar-refractivity contribution in [3.63, 3.8) is 0 Å². The molecule has 1 N–H and O–H groups in total. The van der Waals surface area contributed by atoms with E-state index in [1.54, 1.807) is 0 Å². The summed E-state index contributed by atoms with van der Waals surface area (Å²) in [5, 5.41) is 3.84. The zero-order valence-corrected chi connectivity index (χ0v) is 10.6. The summed E-state index contributed by atoms with van der Waals surface area (Å²) in [6.45, 7) is 2.34. The number of hydrogen-bond donors (Lipinski definition) is 1. The van der Waals surface area contributed by atoms with Gasteiger partial charge >= 0.3 is 0 Å². The van der Waals surface area contributed by atoms with Gasteiger partial charge in [-0.15, -0.1) is 0 Å². The van der Waals surface area contributed by atoms with E-state index >= 15 is 0 Å². The van der Waals surface area contributed by atoms with Gasteiger partial charge in [0, 0.05) is 11.6 Å². The summed E-state index contributed by atoms with van der Waals surface area (Å²) in [5.74, 6) is 0. The fraction of sp³-hybridized carbons (Fsp3) is 0.294. The lowest BCUT2D eigenvalue weighted by atomic mass is 9.71. The Hall–Kier alpha value is -1.60. The Morgan fingerprint density at radius 1 is 1.00 bits per heavy atom. The lowest BCUT2D eigenvalue weighted by Gasteiger charge is -2.46. The normalized spacial score (nSPS) is 28.4. The third-order valence-corrected chi connectivity index (χ3v) is 4.50. The van der Waals surface area contributed by atoms with E-state index in [-0.39, 0.29) is 5.54 Å². The highest BCUT2D eigenvalue weighted by Crippen LogP contribution is 2.43. The van der Waals surface area contributed by atoms with E-state index in [2.05, 4.69) is 60.8 Å².